The second-order valence-electron chi connectivity index (χ2n) is 4.74. The fraction of sp³-hybridized carbons (Fsp3) is 0.308. The molecule has 20 heavy (non-hydrogen) atoms. The first-order valence-electron chi connectivity index (χ1n) is 6.21. The van der Waals surface area contributed by atoms with E-state index in [0.717, 1.165) is 10.9 Å². The smallest absolute Gasteiger partial charge is 0.176 e. The van der Waals surface area contributed by atoms with Gasteiger partial charge in [-0.2, -0.15) is 4.80 Å². The predicted molar refractivity (Wildman–Crippen MR) is 70.3 cm³/mol. The van der Waals surface area contributed by atoms with Crippen LogP contribution in [-0.4, -0.2) is 20.2 Å². The first-order valence-corrected chi connectivity index (χ1v) is 6.21. The molecule has 3 aromatic rings. The second kappa shape index (κ2) is 4.68. The van der Waals surface area contributed by atoms with E-state index >= 15 is 0 Å². The molecule has 0 saturated heterocycles. The molecule has 0 spiro atoms. The van der Waals surface area contributed by atoms with Crippen molar-refractivity contribution in [1.82, 2.24) is 20.2 Å². The minimum Gasteiger partial charge on any atom is -0.459 e. The predicted octanol–water partition coefficient (Wildman–Crippen LogP) is 1.65. The molecule has 0 fully saturated rings. The van der Waals surface area contributed by atoms with Crippen molar-refractivity contribution < 1.29 is 8.81 Å². The Morgan fingerprint density at radius 2 is 2.25 bits per heavy atom. The zero-order valence-corrected chi connectivity index (χ0v) is 11.2. The number of hydrogen-bond acceptors (Lipinski definition) is 5. The molecule has 2 N–H and O–H groups in total. The summed E-state index contributed by atoms with van der Waals surface area (Å²) in [4.78, 5) is 1.38. The van der Waals surface area contributed by atoms with Crippen LogP contribution < -0.4 is 5.73 Å². The fourth-order valence-electron chi connectivity index (χ4n) is 2.26. The number of hydrogen-bond donors (Lipinski definition) is 1. The number of halogens is 1. The summed E-state index contributed by atoms with van der Waals surface area (Å²) in [7, 11) is 1.69. The van der Waals surface area contributed by atoms with Crippen LogP contribution in [0.3, 0.4) is 0 Å². The highest BCUT2D eigenvalue weighted by Crippen LogP contribution is 2.30. The summed E-state index contributed by atoms with van der Waals surface area (Å²) in [5, 5.41) is 12.5. The molecule has 3 rings (SSSR count). The van der Waals surface area contributed by atoms with Gasteiger partial charge in [-0.25, -0.2) is 4.39 Å². The van der Waals surface area contributed by atoms with Crippen LogP contribution in [-0.2, 0) is 13.5 Å². The topological polar surface area (TPSA) is 82.8 Å². The Hall–Kier alpha value is -2.28. The summed E-state index contributed by atoms with van der Waals surface area (Å²) >= 11 is 0. The maximum absolute atomic E-state index is 13.3. The summed E-state index contributed by atoms with van der Waals surface area (Å²) in [6, 6.07) is 4.03. The van der Waals surface area contributed by atoms with Crippen LogP contribution in [0, 0.1) is 12.7 Å². The molecule has 0 aliphatic heterocycles. The average molecular weight is 275 g/mol. The Bertz CT molecular complexity index is 763. The summed E-state index contributed by atoms with van der Waals surface area (Å²) in [6.07, 6.45) is 0.414. The number of nitrogens with zero attached hydrogens (tertiary/aromatic N) is 4. The van der Waals surface area contributed by atoms with Crippen molar-refractivity contribution in [3.05, 3.63) is 41.2 Å². The van der Waals surface area contributed by atoms with Crippen LogP contribution in [0.5, 0.6) is 0 Å². The van der Waals surface area contributed by atoms with Gasteiger partial charge < -0.3 is 10.2 Å². The molecule has 0 aliphatic rings. The Morgan fingerprint density at radius 1 is 1.45 bits per heavy atom. The standard InChI is InChI=1S/C13H14FN5O/c1-7-9-5-8(14)3-4-11(9)20-13(7)10(15)6-12-16-18-19(2)17-12/h3-5,10H,6,15H2,1-2H3. The maximum Gasteiger partial charge on any atom is 0.176 e. The summed E-state index contributed by atoms with van der Waals surface area (Å²) < 4.78 is 19.0. The average Bonchev–Trinajstić information content (AvgIpc) is 2.94. The molecule has 0 radical (unpaired) electrons. The van der Waals surface area contributed by atoms with E-state index in [1.54, 1.807) is 13.1 Å². The van der Waals surface area contributed by atoms with Gasteiger partial charge in [0.05, 0.1) is 13.1 Å². The lowest BCUT2D eigenvalue weighted by molar-refractivity contribution is 0.484. The highest BCUT2D eigenvalue weighted by Gasteiger charge is 2.19. The van der Waals surface area contributed by atoms with Gasteiger partial charge in [-0.05, 0) is 30.3 Å². The Balaban J connectivity index is 1.95. The quantitative estimate of drug-likeness (QED) is 0.785. The summed E-state index contributed by atoms with van der Waals surface area (Å²) in [6.45, 7) is 1.87. The largest absolute Gasteiger partial charge is 0.459 e. The van der Waals surface area contributed by atoms with Crippen molar-refractivity contribution in [2.24, 2.45) is 12.8 Å². The number of rotatable bonds is 3. The van der Waals surface area contributed by atoms with Crippen LogP contribution in [0.15, 0.2) is 22.6 Å². The SMILES string of the molecule is Cc1c(C(N)Cc2nnn(C)n2)oc2ccc(F)cc12. The third-order valence-corrected chi connectivity index (χ3v) is 3.22. The summed E-state index contributed by atoms with van der Waals surface area (Å²) in [5.74, 6) is 0.876. The zero-order chi connectivity index (χ0) is 14.3. The Kier molecular flexibility index (Phi) is 2.98. The lowest BCUT2D eigenvalue weighted by atomic mass is 10.1. The van der Waals surface area contributed by atoms with E-state index in [1.165, 1.54) is 16.9 Å². The zero-order valence-electron chi connectivity index (χ0n) is 11.2. The van der Waals surface area contributed by atoms with E-state index in [1.807, 2.05) is 6.92 Å². The lowest BCUT2D eigenvalue weighted by Crippen LogP contribution is -2.14. The highest BCUT2D eigenvalue weighted by atomic mass is 19.1. The Morgan fingerprint density at radius 3 is 2.95 bits per heavy atom. The Labute approximate surface area is 114 Å². The number of aryl methyl sites for hydroxylation is 2. The van der Waals surface area contributed by atoms with Crippen molar-refractivity contribution in [3.8, 4) is 0 Å². The molecule has 0 bridgehead atoms. The molecule has 1 atom stereocenters. The van der Waals surface area contributed by atoms with Crippen molar-refractivity contribution >= 4 is 11.0 Å². The van der Waals surface area contributed by atoms with E-state index in [2.05, 4.69) is 15.4 Å². The van der Waals surface area contributed by atoms with Gasteiger partial charge in [0.25, 0.3) is 0 Å². The third kappa shape index (κ3) is 2.16. The minimum absolute atomic E-state index is 0.294. The van der Waals surface area contributed by atoms with Crippen molar-refractivity contribution in [2.75, 3.05) is 0 Å². The molecule has 2 heterocycles. The van der Waals surface area contributed by atoms with Crippen LogP contribution in [0.2, 0.25) is 0 Å². The molecule has 6 nitrogen and oxygen atoms in total. The molecular formula is C13H14FN5O. The molecule has 104 valence electrons. The van der Waals surface area contributed by atoms with Gasteiger partial charge in [0.1, 0.15) is 17.2 Å². The fourth-order valence-corrected chi connectivity index (χ4v) is 2.26. The van der Waals surface area contributed by atoms with E-state index in [9.17, 15) is 4.39 Å². The number of furan rings is 1. The number of tetrazole rings is 1. The minimum atomic E-state index is -0.394. The molecule has 1 unspecified atom stereocenters. The molecule has 0 amide bonds. The van der Waals surface area contributed by atoms with Crippen molar-refractivity contribution in [1.29, 1.82) is 0 Å². The van der Waals surface area contributed by atoms with Gasteiger partial charge in [0, 0.05) is 17.4 Å². The van der Waals surface area contributed by atoms with E-state index in [4.69, 9.17) is 10.2 Å². The summed E-state index contributed by atoms with van der Waals surface area (Å²) in [5.41, 5.74) is 7.60. The van der Waals surface area contributed by atoms with Gasteiger partial charge in [-0.3, -0.25) is 0 Å². The van der Waals surface area contributed by atoms with Crippen LogP contribution in [0.25, 0.3) is 11.0 Å². The van der Waals surface area contributed by atoms with Gasteiger partial charge in [-0.1, -0.05) is 0 Å². The third-order valence-electron chi connectivity index (χ3n) is 3.22. The molecule has 1 aromatic carbocycles. The number of fused-ring (bicyclic) bond motifs is 1. The molecule has 7 heteroatoms. The molecule has 0 aliphatic carbocycles. The van der Waals surface area contributed by atoms with Crippen LogP contribution in [0.1, 0.15) is 23.2 Å². The second-order valence-corrected chi connectivity index (χ2v) is 4.74. The van der Waals surface area contributed by atoms with Crippen LogP contribution >= 0.6 is 0 Å². The van der Waals surface area contributed by atoms with Gasteiger partial charge >= 0.3 is 0 Å². The number of benzene rings is 1. The van der Waals surface area contributed by atoms with E-state index in [-0.39, 0.29) is 5.82 Å². The number of nitrogens with two attached hydrogens (primary N) is 1. The first kappa shape index (κ1) is 12.7. The lowest BCUT2D eigenvalue weighted by Gasteiger charge is -2.06. The molecule has 0 saturated carbocycles. The molecule has 2 aromatic heterocycles. The van der Waals surface area contributed by atoms with Gasteiger partial charge in [-0.15, -0.1) is 10.2 Å². The van der Waals surface area contributed by atoms with Gasteiger partial charge in [0.2, 0.25) is 0 Å². The molecular weight excluding hydrogens is 261 g/mol. The maximum atomic E-state index is 13.3. The number of aromatic nitrogens is 4. The monoisotopic (exact) mass is 275 g/mol. The van der Waals surface area contributed by atoms with Gasteiger partial charge in [0.15, 0.2) is 5.82 Å². The van der Waals surface area contributed by atoms with E-state index in [0.29, 0.717) is 23.6 Å². The van der Waals surface area contributed by atoms with Crippen molar-refractivity contribution in [3.63, 3.8) is 0 Å². The normalized spacial score (nSPS) is 13.0. The van der Waals surface area contributed by atoms with Crippen LogP contribution in [0.4, 0.5) is 4.39 Å². The van der Waals surface area contributed by atoms with Crippen molar-refractivity contribution in [2.45, 2.75) is 19.4 Å². The first-order chi connectivity index (χ1) is 9.54. The highest BCUT2D eigenvalue weighted by molar-refractivity contribution is 5.82. The van der Waals surface area contributed by atoms with E-state index < -0.39 is 6.04 Å².